The fourth-order valence-corrected chi connectivity index (χ4v) is 2.94. The minimum atomic E-state index is 0.116. The van der Waals surface area contributed by atoms with Crippen LogP contribution in [0.5, 0.6) is 0 Å². The number of ether oxygens (including phenoxy) is 1. The lowest BCUT2D eigenvalue weighted by molar-refractivity contribution is 0.0209. The first-order valence-electron chi connectivity index (χ1n) is 7.36. The molecule has 0 bridgehead atoms. The van der Waals surface area contributed by atoms with Gasteiger partial charge in [-0.3, -0.25) is 0 Å². The summed E-state index contributed by atoms with van der Waals surface area (Å²) >= 11 is 0. The van der Waals surface area contributed by atoms with Gasteiger partial charge in [-0.2, -0.15) is 0 Å². The average molecular weight is 240 g/mol. The third-order valence-electron chi connectivity index (χ3n) is 4.08. The maximum absolute atomic E-state index is 5.76. The van der Waals surface area contributed by atoms with Crippen molar-refractivity contribution in [2.45, 2.75) is 51.0 Å². The van der Waals surface area contributed by atoms with Gasteiger partial charge < -0.3 is 15.0 Å². The molecule has 2 saturated heterocycles. The molecule has 0 saturated carbocycles. The van der Waals surface area contributed by atoms with Crippen LogP contribution in [0.2, 0.25) is 0 Å². The number of piperidine rings is 1. The summed E-state index contributed by atoms with van der Waals surface area (Å²) in [5.41, 5.74) is 0.116. The molecule has 0 amide bonds. The fraction of sp³-hybridized carbons (Fsp3) is 1.00. The van der Waals surface area contributed by atoms with Gasteiger partial charge in [-0.05, 0) is 65.2 Å². The van der Waals surface area contributed by atoms with Crippen LogP contribution in [-0.4, -0.2) is 49.8 Å². The Labute approximate surface area is 106 Å². The molecule has 2 fully saturated rings. The number of rotatable bonds is 6. The van der Waals surface area contributed by atoms with Crippen molar-refractivity contribution in [3.63, 3.8) is 0 Å². The lowest BCUT2D eigenvalue weighted by Crippen LogP contribution is -2.38. The molecule has 0 aliphatic carbocycles. The Bertz CT molecular complexity index is 208. The van der Waals surface area contributed by atoms with E-state index in [1.165, 1.54) is 58.2 Å². The van der Waals surface area contributed by atoms with Gasteiger partial charge >= 0.3 is 0 Å². The quantitative estimate of drug-likeness (QED) is 0.719. The van der Waals surface area contributed by atoms with Crippen LogP contribution >= 0.6 is 0 Å². The number of nitrogens with one attached hydrogen (secondary N) is 1. The smallest absolute Gasteiger partial charge is 0.0779 e. The predicted octanol–water partition coefficient (Wildman–Crippen LogP) is 2.02. The molecule has 2 rings (SSSR count). The second-order valence-electron chi connectivity index (χ2n) is 5.83. The standard InChI is InChI=1S/C14H28N2O/c1-14(7-5-12-17-14)13-15-8-6-11-16-9-3-2-4-10-16/h15H,2-13H2,1H3. The van der Waals surface area contributed by atoms with Crippen LogP contribution in [-0.2, 0) is 4.74 Å². The summed E-state index contributed by atoms with van der Waals surface area (Å²) in [4.78, 5) is 2.61. The zero-order valence-corrected chi connectivity index (χ0v) is 11.3. The molecule has 0 radical (unpaired) electrons. The topological polar surface area (TPSA) is 24.5 Å². The monoisotopic (exact) mass is 240 g/mol. The van der Waals surface area contributed by atoms with Crippen molar-refractivity contribution in [2.75, 3.05) is 39.3 Å². The van der Waals surface area contributed by atoms with E-state index in [-0.39, 0.29) is 5.60 Å². The van der Waals surface area contributed by atoms with E-state index in [2.05, 4.69) is 17.1 Å². The van der Waals surface area contributed by atoms with E-state index in [1.54, 1.807) is 0 Å². The lowest BCUT2D eigenvalue weighted by Gasteiger charge is -2.27. The molecule has 3 heteroatoms. The summed E-state index contributed by atoms with van der Waals surface area (Å²) in [5.74, 6) is 0. The molecule has 3 nitrogen and oxygen atoms in total. The molecule has 2 heterocycles. The van der Waals surface area contributed by atoms with Crippen LogP contribution in [0, 0.1) is 0 Å². The van der Waals surface area contributed by atoms with Gasteiger partial charge in [0.1, 0.15) is 0 Å². The van der Waals surface area contributed by atoms with Gasteiger partial charge in [0, 0.05) is 13.2 Å². The molecule has 0 aromatic carbocycles. The molecule has 100 valence electrons. The molecule has 0 aromatic heterocycles. The van der Waals surface area contributed by atoms with E-state index in [0.29, 0.717) is 0 Å². The van der Waals surface area contributed by atoms with Crippen LogP contribution in [0.3, 0.4) is 0 Å². The van der Waals surface area contributed by atoms with Gasteiger partial charge in [-0.1, -0.05) is 6.42 Å². The van der Waals surface area contributed by atoms with Crippen LogP contribution in [0.25, 0.3) is 0 Å². The maximum atomic E-state index is 5.76. The zero-order valence-electron chi connectivity index (χ0n) is 11.3. The molecule has 0 aromatic rings. The SMILES string of the molecule is CC1(CNCCCN2CCCCC2)CCCO1. The van der Waals surface area contributed by atoms with Crippen molar-refractivity contribution in [1.29, 1.82) is 0 Å². The van der Waals surface area contributed by atoms with Gasteiger partial charge in [-0.25, -0.2) is 0 Å². The van der Waals surface area contributed by atoms with Crippen molar-refractivity contribution in [2.24, 2.45) is 0 Å². The molecular formula is C14H28N2O. The molecular weight excluding hydrogens is 212 g/mol. The highest BCUT2D eigenvalue weighted by molar-refractivity contribution is 4.82. The summed E-state index contributed by atoms with van der Waals surface area (Å²) in [5, 5.41) is 3.56. The third kappa shape index (κ3) is 4.57. The first-order valence-corrected chi connectivity index (χ1v) is 7.36. The highest BCUT2D eigenvalue weighted by Gasteiger charge is 2.28. The van der Waals surface area contributed by atoms with E-state index >= 15 is 0 Å². The van der Waals surface area contributed by atoms with Crippen LogP contribution in [0.15, 0.2) is 0 Å². The van der Waals surface area contributed by atoms with Gasteiger partial charge in [0.15, 0.2) is 0 Å². The van der Waals surface area contributed by atoms with Gasteiger partial charge in [-0.15, -0.1) is 0 Å². The summed E-state index contributed by atoms with van der Waals surface area (Å²) in [7, 11) is 0. The third-order valence-corrected chi connectivity index (χ3v) is 4.08. The van der Waals surface area contributed by atoms with E-state index < -0.39 is 0 Å². The van der Waals surface area contributed by atoms with Crippen LogP contribution < -0.4 is 5.32 Å². The summed E-state index contributed by atoms with van der Waals surface area (Å²) in [6, 6.07) is 0. The molecule has 1 unspecified atom stereocenters. The summed E-state index contributed by atoms with van der Waals surface area (Å²) in [6.45, 7) is 9.25. The average Bonchev–Trinajstić information content (AvgIpc) is 2.77. The second kappa shape index (κ2) is 6.72. The molecule has 0 spiro atoms. The lowest BCUT2D eigenvalue weighted by atomic mass is 10.0. The molecule has 1 atom stereocenters. The first-order chi connectivity index (χ1) is 8.29. The van der Waals surface area contributed by atoms with Crippen molar-refractivity contribution in [1.82, 2.24) is 10.2 Å². The number of hydrogen-bond acceptors (Lipinski definition) is 3. The minimum absolute atomic E-state index is 0.116. The largest absolute Gasteiger partial charge is 0.374 e. The van der Waals surface area contributed by atoms with Crippen molar-refractivity contribution in [3.05, 3.63) is 0 Å². The number of likely N-dealkylation sites (tertiary alicyclic amines) is 1. The van der Waals surface area contributed by atoms with Gasteiger partial charge in [0.25, 0.3) is 0 Å². The Morgan fingerprint density at radius 2 is 2.00 bits per heavy atom. The van der Waals surface area contributed by atoms with Crippen LogP contribution in [0.1, 0.15) is 45.4 Å². The molecule has 2 aliphatic rings. The Morgan fingerprint density at radius 3 is 2.71 bits per heavy atom. The Morgan fingerprint density at radius 1 is 1.18 bits per heavy atom. The van der Waals surface area contributed by atoms with Gasteiger partial charge in [0.2, 0.25) is 0 Å². The van der Waals surface area contributed by atoms with E-state index in [4.69, 9.17) is 4.74 Å². The molecule has 2 aliphatic heterocycles. The summed E-state index contributed by atoms with van der Waals surface area (Å²) < 4.78 is 5.76. The fourth-order valence-electron chi connectivity index (χ4n) is 2.94. The van der Waals surface area contributed by atoms with E-state index in [0.717, 1.165) is 19.7 Å². The zero-order chi connectivity index (χ0) is 12.0. The highest BCUT2D eigenvalue weighted by atomic mass is 16.5. The number of hydrogen-bond donors (Lipinski definition) is 1. The maximum Gasteiger partial charge on any atom is 0.0779 e. The van der Waals surface area contributed by atoms with Crippen molar-refractivity contribution in [3.8, 4) is 0 Å². The Kier molecular flexibility index (Phi) is 5.26. The normalized spacial score (nSPS) is 30.9. The van der Waals surface area contributed by atoms with Crippen LogP contribution in [0.4, 0.5) is 0 Å². The number of nitrogens with zero attached hydrogens (tertiary/aromatic N) is 1. The Hall–Kier alpha value is -0.120. The first kappa shape index (κ1) is 13.3. The summed E-state index contributed by atoms with van der Waals surface area (Å²) in [6.07, 6.45) is 7.96. The molecule has 17 heavy (non-hydrogen) atoms. The molecule has 1 N–H and O–H groups in total. The van der Waals surface area contributed by atoms with Gasteiger partial charge in [0.05, 0.1) is 5.60 Å². The highest BCUT2D eigenvalue weighted by Crippen LogP contribution is 2.23. The van der Waals surface area contributed by atoms with Crippen molar-refractivity contribution < 1.29 is 4.74 Å². The Balaban J connectivity index is 1.48. The minimum Gasteiger partial charge on any atom is -0.374 e. The van der Waals surface area contributed by atoms with Crippen molar-refractivity contribution >= 4 is 0 Å². The van der Waals surface area contributed by atoms with E-state index in [9.17, 15) is 0 Å². The predicted molar refractivity (Wildman–Crippen MR) is 71.4 cm³/mol. The van der Waals surface area contributed by atoms with E-state index in [1.807, 2.05) is 0 Å². The second-order valence-corrected chi connectivity index (χ2v) is 5.83.